The summed E-state index contributed by atoms with van der Waals surface area (Å²) in [6.07, 6.45) is 4.50. The molecule has 0 atom stereocenters. The fraction of sp³-hybridized carbons (Fsp3) is 0.438. The van der Waals surface area contributed by atoms with Gasteiger partial charge >= 0.3 is 5.97 Å². The van der Waals surface area contributed by atoms with Crippen molar-refractivity contribution < 1.29 is 19.0 Å². The minimum absolute atomic E-state index is 0.372. The van der Waals surface area contributed by atoms with Crippen LogP contribution in [0.5, 0.6) is 0 Å². The number of ether oxygens (including phenoxy) is 1. The monoisotopic (exact) mass is 293 g/mol. The van der Waals surface area contributed by atoms with E-state index < -0.39 is 5.97 Å². The van der Waals surface area contributed by atoms with Crippen LogP contribution in [0.3, 0.4) is 0 Å². The lowest BCUT2D eigenvalue weighted by atomic mass is 9.99. The highest BCUT2D eigenvalue weighted by Gasteiger charge is 2.17. The van der Waals surface area contributed by atoms with E-state index in [1.807, 2.05) is 7.05 Å². The zero-order chi connectivity index (χ0) is 15.2. The van der Waals surface area contributed by atoms with E-state index in [-0.39, 0.29) is 5.82 Å². The summed E-state index contributed by atoms with van der Waals surface area (Å²) >= 11 is 0. The summed E-state index contributed by atoms with van der Waals surface area (Å²) in [6, 6.07) is 4.44. The topological polar surface area (TPSA) is 49.8 Å². The first-order valence-corrected chi connectivity index (χ1v) is 7.05. The van der Waals surface area contributed by atoms with Crippen molar-refractivity contribution >= 4 is 17.7 Å². The first kappa shape index (κ1) is 15.5. The quantitative estimate of drug-likeness (QED) is 0.848. The van der Waals surface area contributed by atoms with Crippen LogP contribution in [0.1, 0.15) is 18.4 Å². The van der Waals surface area contributed by atoms with E-state index in [0.29, 0.717) is 11.5 Å². The number of benzene rings is 1. The molecule has 2 rings (SSSR count). The Morgan fingerprint density at radius 3 is 2.86 bits per heavy atom. The van der Waals surface area contributed by atoms with Crippen LogP contribution < -0.4 is 4.90 Å². The van der Waals surface area contributed by atoms with Crippen molar-refractivity contribution in [3.05, 3.63) is 35.7 Å². The molecule has 0 radical (unpaired) electrons. The van der Waals surface area contributed by atoms with Gasteiger partial charge in [0.2, 0.25) is 0 Å². The summed E-state index contributed by atoms with van der Waals surface area (Å²) in [5, 5.41) is 8.73. The minimum atomic E-state index is -1.04. The highest BCUT2D eigenvalue weighted by molar-refractivity contribution is 5.87. The number of rotatable bonds is 5. The molecule has 1 saturated heterocycles. The van der Waals surface area contributed by atoms with Crippen molar-refractivity contribution in [1.82, 2.24) is 0 Å². The average Bonchev–Trinajstić information content (AvgIpc) is 2.46. The summed E-state index contributed by atoms with van der Waals surface area (Å²) in [6.45, 7) is 2.42. The van der Waals surface area contributed by atoms with Crippen LogP contribution in [-0.2, 0) is 9.53 Å². The minimum Gasteiger partial charge on any atom is -0.478 e. The Morgan fingerprint density at radius 2 is 2.19 bits per heavy atom. The van der Waals surface area contributed by atoms with Gasteiger partial charge in [0.25, 0.3) is 0 Å². The van der Waals surface area contributed by atoms with E-state index in [0.717, 1.165) is 44.4 Å². The van der Waals surface area contributed by atoms with Crippen molar-refractivity contribution in [2.24, 2.45) is 5.92 Å². The molecule has 0 aromatic heterocycles. The molecule has 0 unspecified atom stereocenters. The molecule has 0 amide bonds. The second-order valence-corrected chi connectivity index (χ2v) is 5.31. The number of halogens is 1. The number of anilines is 1. The van der Waals surface area contributed by atoms with Crippen LogP contribution in [0.15, 0.2) is 24.3 Å². The van der Waals surface area contributed by atoms with E-state index >= 15 is 0 Å². The summed E-state index contributed by atoms with van der Waals surface area (Å²) < 4.78 is 18.7. The van der Waals surface area contributed by atoms with Crippen LogP contribution in [-0.4, -0.2) is 37.9 Å². The molecule has 1 aromatic rings. The van der Waals surface area contributed by atoms with Gasteiger partial charge in [-0.3, -0.25) is 0 Å². The zero-order valence-electron chi connectivity index (χ0n) is 12.1. The molecular weight excluding hydrogens is 273 g/mol. The van der Waals surface area contributed by atoms with Crippen LogP contribution in [0.25, 0.3) is 6.08 Å². The fourth-order valence-electron chi connectivity index (χ4n) is 2.58. The van der Waals surface area contributed by atoms with E-state index in [4.69, 9.17) is 9.84 Å². The van der Waals surface area contributed by atoms with Gasteiger partial charge in [0.1, 0.15) is 5.82 Å². The number of hydrogen-bond donors (Lipinski definition) is 1. The van der Waals surface area contributed by atoms with Gasteiger partial charge in [0.05, 0.1) is 0 Å². The Morgan fingerprint density at radius 1 is 1.48 bits per heavy atom. The first-order chi connectivity index (χ1) is 10.1. The predicted molar refractivity (Wildman–Crippen MR) is 79.9 cm³/mol. The highest BCUT2D eigenvalue weighted by atomic mass is 19.1. The molecule has 0 saturated carbocycles. The Bertz CT molecular complexity index is 524. The smallest absolute Gasteiger partial charge is 0.328 e. The maximum atomic E-state index is 13.4. The third-order valence-corrected chi connectivity index (χ3v) is 3.68. The van der Waals surface area contributed by atoms with Crippen LogP contribution in [0.2, 0.25) is 0 Å². The van der Waals surface area contributed by atoms with E-state index in [2.05, 4.69) is 4.90 Å². The lowest BCUT2D eigenvalue weighted by molar-refractivity contribution is -0.131. The molecule has 1 aliphatic rings. The molecule has 0 bridgehead atoms. The maximum absolute atomic E-state index is 13.4. The average molecular weight is 293 g/mol. The number of carbonyl (C=O) groups is 1. The van der Waals surface area contributed by atoms with Crippen molar-refractivity contribution in [3.8, 4) is 0 Å². The normalized spacial score (nSPS) is 16.3. The van der Waals surface area contributed by atoms with Gasteiger partial charge in [-0.1, -0.05) is 0 Å². The summed E-state index contributed by atoms with van der Waals surface area (Å²) in [4.78, 5) is 12.7. The fourth-order valence-corrected chi connectivity index (χ4v) is 2.58. The maximum Gasteiger partial charge on any atom is 0.328 e. The summed E-state index contributed by atoms with van der Waals surface area (Å²) in [7, 11) is 1.95. The molecule has 5 heteroatoms. The standard InChI is InChI=1S/C16H20FNO3/c1-18(11-12-6-8-21-9-7-12)15-4-3-14(17)10-13(15)2-5-16(19)20/h2-5,10,12H,6-9,11H2,1H3,(H,19,20). The van der Waals surface area contributed by atoms with Gasteiger partial charge < -0.3 is 14.7 Å². The molecule has 1 aliphatic heterocycles. The number of aliphatic carboxylic acids is 1. The molecule has 0 aliphatic carbocycles. The van der Waals surface area contributed by atoms with Crippen LogP contribution in [0, 0.1) is 11.7 Å². The largest absolute Gasteiger partial charge is 0.478 e. The van der Waals surface area contributed by atoms with Crippen LogP contribution >= 0.6 is 0 Å². The molecule has 1 fully saturated rings. The highest BCUT2D eigenvalue weighted by Crippen LogP contribution is 2.25. The van der Waals surface area contributed by atoms with E-state index in [1.165, 1.54) is 18.2 Å². The van der Waals surface area contributed by atoms with Crippen molar-refractivity contribution in [1.29, 1.82) is 0 Å². The Kier molecular flexibility index (Phi) is 5.33. The van der Waals surface area contributed by atoms with E-state index in [9.17, 15) is 9.18 Å². The molecule has 1 heterocycles. The Labute approximate surface area is 123 Å². The van der Waals surface area contributed by atoms with Crippen LogP contribution in [0.4, 0.5) is 10.1 Å². The van der Waals surface area contributed by atoms with Gasteiger partial charge in [-0.05, 0) is 43.0 Å². The molecular formula is C16H20FNO3. The molecule has 21 heavy (non-hydrogen) atoms. The lowest BCUT2D eigenvalue weighted by Crippen LogP contribution is -2.29. The number of hydrogen-bond acceptors (Lipinski definition) is 3. The number of nitrogens with zero attached hydrogens (tertiary/aromatic N) is 1. The van der Waals surface area contributed by atoms with Gasteiger partial charge in [-0.15, -0.1) is 0 Å². The predicted octanol–water partition coefficient (Wildman–Crippen LogP) is 2.79. The van der Waals surface area contributed by atoms with Crippen molar-refractivity contribution in [2.75, 3.05) is 31.7 Å². The number of carboxylic acid groups (broad SMARTS) is 1. The second-order valence-electron chi connectivity index (χ2n) is 5.31. The summed E-state index contributed by atoms with van der Waals surface area (Å²) in [5.74, 6) is -0.870. The number of carboxylic acids is 1. The van der Waals surface area contributed by atoms with Gasteiger partial charge in [-0.2, -0.15) is 0 Å². The molecule has 114 valence electrons. The second kappa shape index (κ2) is 7.22. The SMILES string of the molecule is CN(CC1CCOCC1)c1ccc(F)cc1C=CC(=O)O. The Hall–Kier alpha value is -1.88. The van der Waals surface area contributed by atoms with Gasteiger partial charge in [0, 0.05) is 44.1 Å². The molecule has 4 nitrogen and oxygen atoms in total. The van der Waals surface area contributed by atoms with Gasteiger partial charge in [-0.25, -0.2) is 9.18 Å². The Balaban J connectivity index is 2.14. The molecule has 0 spiro atoms. The third-order valence-electron chi connectivity index (χ3n) is 3.68. The van der Waals surface area contributed by atoms with E-state index in [1.54, 1.807) is 6.07 Å². The van der Waals surface area contributed by atoms with Gasteiger partial charge in [0.15, 0.2) is 0 Å². The lowest BCUT2D eigenvalue weighted by Gasteiger charge is -2.29. The first-order valence-electron chi connectivity index (χ1n) is 7.05. The zero-order valence-corrected chi connectivity index (χ0v) is 12.1. The summed E-state index contributed by atoms with van der Waals surface area (Å²) in [5.41, 5.74) is 1.41. The molecule has 1 N–H and O–H groups in total. The van der Waals surface area contributed by atoms with Crippen molar-refractivity contribution in [3.63, 3.8) is 0 Å². The molecule has 1 aromatic carbocycles. The van der Waals surface area contributed by atoms with Crippen molar-refractivity contribution in [2.45, 2.75) is 12.8 Å². The third kappa shape index (κ3) is 4.56.